The number of para-hydroxylation sites is 1. The van der Waals surface area contributed by atoms with Crippen molar-refractivity contribution in [3.05, 3.63) is 59.9 Å². The van der Waals surface area contributed by atoms with Gasteiger partial charge in [0.05, 0.1) is 0 Å². The minimum absolute atomic E-state index is 0.247. The van der Waals surface area contributed by atoms with E-state index in [1.807, 2.05) is 30.3 Å². The maximum atomic E-state index is 13.2. The normalized spacial score (nSPS) is 10.3. The van der Waals surface area contributed by atoms with E-state index in [4.69, 9.17) is 5.73 Å². The van der Waals surface area contributed by atoms with Gasteiger partial charge in [0.1, 0.15) is 5.82 Å². The van der Waals surface area contributed by atoms with Gasteiger partial charge in [0, 0.05) is 24.5 Å². The summed E-state index contributed by atoms with van der Waals surface area (Å²) in [6.45, 7) is 3.53. The van der Waals surface area contributed by atoms with Gasteiger partial charge in [0.15, 0.2) is 0 Å². The first-order valence-corrected chi connectivity index (χ1v) is 6.04. The lowest BCUT2D eigenvalue weighted by Gasteiger charge is -2.23. The van der Waals surface area contributed by atoms with Gasteiger partial charge in [-0.05, 0) is 42.8 Å². The van der Waals surface area contributed by atoms with E-state index in [2.05, 4.69) is 11.8 Å². The molecule has 2 aromatic rings. The van der Waals surface area contributed by atoms with Gasteiger partial charge in [-0.3, -0.25) is 0 Å². The summed E-state index contributed by atoms with van der Waals surface area (Å²) >= 11 is 0. The topological polar surface area (TPSA) is 29.3 Å². The molecule has 0 aromatic heterocycles. The number of nitrogen functional groups attached to an aromatic ring is 1. The van der Waals surface area contributed by atoms with Gasteiger partial charge in [-0.1, -0.05) is 18.2 Å². The Kier molecular flexibility index (Phi) is 3.82. The smallest absolute Gasteiger partial charge is 0.123 e. The molecule has 3 heteroatoms. The Hall–Kier alpha value is -2.03. The highest BCUT2D eigenvalue weighted by atomic mass is 19.1. The van der Waals surface area contributed by atoms with Crippen LogP contribution in [0.5, 0.6) is 0 Å². The zero-order valence-electron chi connectivity index (χ0n) is 10.4. The van der Waals surface area contributed by atoms with Gasteiger partial charge in [-0.2, -0.15) is 0 Å². The van der Waals surface area contributed by atoms with Crippen LogP contribution in [0, 0.1) is 5.82 Å². The molecular formula is C15H17FN2. The number of hydrogen-bond donors (Lipinski definition) is 1. The Morgan fingerprint density at radius 3 is 2.50 bits per heavy atom. The van der Waals surface area contributed by atoms with Gasteiger partial charge in [0.25, 0.3) is 0 Å². The van der Waals surface area contributed by atoms with Crippen LogP contribution in [0.25, 0.3) is 0 Å². The van der Waals surface area contributed by atoms with E-state index in [0.29, 0.717) is 12.2 Å². The molecular weight excluding hydrogens is 227 g/mol. The predicted molar refractivity (Wildman–Crippen MR) is 74.0 cm³/mol. The molecule has 94 valence electrons. The van der Waals surface area contributed by atoms with E-state index in [1.54, 1.807) is 6.07 Å². The fourth-order valence-electron chi connectivity index (χ4n) is 1.94. The van der Waals surface area contributed by atoms with Gasteiger partial charge >= 0.3 is 0 Å². The third kappa shape index (κ3) is 2.80. The third-order valence-electron chi connectivity index (χ3n) is 2.97. The van der Waals surface area contributed by atoms with Crippen LogP contribution in [0.15, 0.2) is 48.5 Å². The Morgan fingerprint density at radius 1 is 1.11 bits per heavy atom. The van der Waals surface area contributed by atoms with Gasteiger partial charge in [-0.15, -0.1) is 0 Å². The van der Waals surface area contributed by atoms with Crippen molar-refractivity contribution in [3.8, 4) is 0 Å². The first-order valence-electron chi connectivity index (χ1n) is 6.04. The molecule has 2 aromatic carbocycles. The minimum atomic E-state index is -0.247. The molecule has 0 fully saturated rings. The molecule has 0 bridgehead atoms. The average molecular weight is 244 g/mol. The van der Waals surface area contributed by atoms with E-state index in [9.17, 15) is 4.39 Å². The maximum Gasteiger partial charge on any atom is 0.123 e. The van der Waals surface area contributed by atoms with Crippen molar-refractivity contribution in [2.45, 2.75) is 13.5 Å². The lowest BCUT2D eigenvalue weighted by atomic mass is 10.1. The lowest BCUT2D eigenvalue weighted by molar-refractivity contribution is 0.625. The SMILES string of the molecule is CCN(Cc1cc(F)ccc1N)c1ccccc1. The Balaban J connectivity index is 2.23. The summed E-state index contributed by atoms with van der Waals surface area (Å²) in [5.74, 6) is -0.247. The second-order valence-electron chi connectivity index (χ2n) is 4.19. The standard InChI is InChI=1S/C15H17FN2/c1-2-18(14-6-4-3-5-7-14)11-12-10-13(16)8-9-15(12)17/h3-10H,2,11,17H2,1H3. The fraction of sp³-hybridized carbons (Fsp3) is 0.200. The summed E-state index contributed by atoms with van der Waals surface area (Å²) in [5.41, 5.74) is 8.44. The molecule has 2 N–H and O–H groups in total. The molecule has 0 amide bonds. The van der Waals surface area contributed by atoms with Gasteiger partial charge < -0.3 is 10.6 Å². The van der Waals surface area contributed by atoms with Crippen molar-refractivity contribution in [1.82, 2.24) is 0 Å². The number of nitrogens with two attached hydrogens (primary N) is 1. The molecule has 0 saturated heterocycles. The fourth-order valence-corrected chi connectivity index (χ4v) is 1.94. The van der Waals surface area contributed by atoms with E-state index < -0.39 is 0 Å². The summed E-state index contributed by atoms with van der Waals surface area (Å²) in [5, 5.41) is 0. The number of benzene rings is 2. The molecule has 0 atom stereocenters. The summed E-state index contributed by atoms with van der Waals surface area (Å²) in [7, 11) is 0. The van der Waals surface area contributed by atoms with Crippen LogP contribution in [-0.4, -0.2) is 6.54 Å². The molecule has 0 heterocycles. The molecule has 18 heavy (non-hydrogen) atoms. The van der Waals surface area contributed by atoms with Gasteiger partial charge in [0.2, 0.25) is 0 Å². The predicted octanol–water partition coefficient (Wildman–Crippen LogP) is 3.43. The molecule has 0 aliphatic rings. The Labute approximate surface area is 107 Å². The summed E-state index contributed by atoms with van der Waals surface area (Å²) in [6, 6.07) is 14.5. The van der Waals surface area contributed by atoms with Crippen LogP contribution >= 0.6 is 0 Å². The molecule has 0 saturated carbocycles. The van der Waals surface area contributed by atoms with Crippen molar-refractivity contribution in [3.63, 3.8) is 0 Å². The number of halogens is 1. The van der Waals surface area contributed by atoms with Crippen molar-refractivity contribution in [1.29, 1.82) is 0 Å². The van der Waals surface area contributed by atoms with Crippen molar-refractivity contribution >= 4 is 11.4 Å². The third-order valence-corrected chi connectivity index (χ3v) is 2.97. The molecule has 0 spiro atoms. The number of hydrogen-bond acceptors (Lipinski definition) is 2. The molecule has 2 nitrogen and oxygen atoms in total. The van der Waals surface area contributed by atoms with Crippen LogP contribution < -0.4 is 10.6 Å². The molecule has 2 rings (SSSR count). The minimum Gasteiger partial charge on any atom is -0.398 e. The van der Waals surface area contributed by atoms with Crippen molar-refractivity contribution in [2.24, 2.45) is 0 Å². The second-order valence-corrected chi connectivity index (χ2v) is 4.19. The molecule has 0 radical (unpaired) electrons. The van der Waals surface area contributed by atoms with E-state index >= 15 is 0 Å². The Morgan fingerprint density at radius 2 is 1.83 bits per heavy atom. The van der Waals surface area contributed by atoms with Crippen LogP contribution in [0.3, 0.4) is 0 Å². The molecule has 0 aliphatic carbocycles. The van der Waals surface area contributed by atoms with Crippen molar-refractivity contribution in [2.75, 3.05) is 17.2 Å². The second kappa shape index (κ2) is 5.54. The van der Waals surface area contributed by atoms with E-state index in [0.717, 1.165) is 17.8 Å². The number of nitrogens with zero attached hydrogens (tertiary/aromatic N) is 1. The lowest BCUT2D eigenvalue weighted by Crippen LogP contribution is -2.22. The number of anilines is 2. The largest absolute Gasteiger partial charge is 0.398 e. The zero-order valence-corrected chi connectivity index (χ0v) is 10.4. The monoisotopic (exact) mass is 244 g/mol. The summed E-state index contributed by atoms with van der Waals surface area (Å²) < 4.78 is 13.2. The average Bonchev–Trinajstić information content (AvgIpc) is 2.41. The number of rotatable bonds is 4. The summed E-state index contributed by atoms with van der Waals surface area (Å²) in [6.07, 6.45) is 0. The van der Waals surface area contributed by atoms with E-state index in [1.165, 1.54) is 12.1 Å². The molecule has 0 unspecified atom stereocenters. The first-order chi connectivity index (χ1) is 8.70. The quantitative estimate of drug-likeness (QED) is 0.835. The van der Waals surface area contributed by atoms with E-state index in [-0.39, 0.29) is 5.82 Å². The summed E-state index contributed by atoms with van der Waals surface area (Å²) in [4.78, 5) is 2.16. The molecule has 0 aliphatic heterocycles. The van der Waals surface area contributed by atoms with Crippen LogP contribution in [-0.2, 0) is 6.54 Å². The van der Waals surface area contributed by atoms with Gasteiger partial charge in [-0.25, -0.2) is 4.39 Å². The van der Waals surface area contributed by atoms with Crippen LogP contribution in [0.2, 0.25) is 0 Å². The van der Waals surface area contributed by atoms with Crippen molar-refractivity contribution < 1.29 is 4.39 Å². The van der Waals surface area contributed by atoms with Crippen LogP contribution in [0.4, 0.5) is 15.8 Å². The highest BCUT2D eigenvalue weighted by Crippen LogP contribution is 2.20. The highest BCUT2D eigenvalue weighted by Gasteiger charge is 2.08. The van der Waals surface area contributed by atoms with Crippen LogP contribution in [0.1, 0.15) is 12.5 Å². The highest BCUT2D eigenvalue weighted by molar-refractivity contribution is 5.52. The zero-order chi connectivity index (χ0) is 13.0. The Bertz CT molecular complexity index is 511. The maximum absolute atomic E-state index is 13.2. The first kappa shape index (κ1) is 12.4.